The first-order chi connectivity index (χ1) is 14.3. The van der Waals surface area contributed by atoms with Gasteiger partial charge < -0.3 is 14.6 Å². The molecule has 0 aliphatic rings. The van der Waals surface area contributed by atoms with Gasteiger partial charge in [-0.25, -0.2) is 10.2 Å². The van der Waals surface area contributed by atoms with E-state index in [2.05, 4.69) is 26.5 Å². The summed E-state index contributed by atoms with van der Waals surface area (Å²) < 4.78 is 6.10. The summed E-state index contributed by atoms with van der Waals surface area (Å²) in [5, 5.41) is 33.7. The van der Waals surface area contributed by atoms with E-state index in [1.165, 1.54) is 42.6 Å². The van der Waals surface area contributed by atoms with Crippen molar-refractivity contribution in [2.24, 2.45) is 5.10 Å². The molecule has 3 aromatic rings. The molecule has 3 N–H and O–H groups in total. The minimum Gasteiger partial charge on any atom is -0.507 e. The number of nitrogens with zero attached hydrogens (tertiary/aromatic N) is 2. The molecule has 0 aliphatic heterocycles. The summed E-state index contributed by atoms with van der Waals surface area (Å²) in [7, 11) is 0. The fraction of sp³-hybridized carbons (Fsp3) is 0. The summed E-state index contributed by atoms with van der Waals surface area (Å²) in [6.45, 7) is 0. The van der Waals surface area contributed by atoms with E-state index in [-0.39, 0.29) is 39.6 Å². The number of carbonyl (C=O) groups excluding carboxylic acids is 1. The third-order valence-corrected chi connectivity index (χ3v) is 4.39. The maximum absolute atomic E-state index is 12.1. The molecule has 0 spiro atoms. The van der Waals surface area contributed by atoms with Crippen molar-refractivity contribution in [1.82, 2.24) is 5.43 Å². The highest BCUT2D eigenvalue weighted by Crippen LogP contribution is 2.29. The number of amides is 1. The zero-order chi connectivity index (χ0) is 21.8. The topological polar surface area (TPSA) is 155 Å². The zero-order valence-electron chi connectivity index (χ0n) is 14.9. The molecule has 152 valence electrons. The summed E-state index contributed by atoms with van der Waals surface area (Å²) in [5.74, 6) is -1.87. The van der Waals surface area contributed by atoms with Crippen LogP contribution in [0.25, 0.3) is 11.3 Å². The van der Waals surface area contributed by atoms with E-state index in [4.69, 9.17) is 4.42 Å². The summed E-state index contributed by atoms with van der Waals surface area (Å²) in [4.78, 5) is 33.7. The molecule has 0 bridgehead atoms. The van der Waals surface area contributed by atoms with Crippen molar-refractivity contribution >= 4 is 39.7 Å². The van der Waals surface area contributed by atoms with E-state index in [0.29, 0.717) is 4.47 Å². The normalized spacial score (nSPS) is 10.8. The van der Waals surface area contributed by atoms with Crippen LogP contribution in [0.2, 0.25) is 0 Å². The number of hydrogen-bond acceptors (Lipinski definition) is 7. The summed E-state index contributed by atoms with van der Waals surface area (Å²) >= 11 is 3.20. The van der Waals surface area contributed by atoms with Crippen molar-refractivity contribution in [3.8, 4) is 17.1 Å². The van der Waals surface area contributed by atoms with Gasteiger partial charge in [-0.1, -0.05) is 15.9 Å². The van der Waals surface area contributed by atoms with E-state index >= 15 is 0 Å². The third-order valence-electron chi connectivity index (χ3n) is 3.90. The van der Waals surface area contributed by atoms with Gasteiger partial charge in [0.05, 0.1) is 22.3 Å². The number of phenols is 1. The monoisotopic (exact) mass is 473 g/mol. The van der Waals surface area contributed by atoms with Crippen LogP contribution in [0.15, 0.2) is 62.5 Å². The predicted molar refractivity (Wildman–Crippen MR) is 109 cm³/mol. The molecule has 0 saturated carbocycles. The van der Waals surface area contributed by atoms with Gasteiger partial charge in [-0.05, 0) is 36.4 Å². The number of rotatable bonds is 6. The molecular formula is C19H12BrN3O7. The van der Waals surface area contributed by atoms with Gasteiger partial charge in [-0.15, -0.1) is 0 Å². The standard InChI is InChI=1S/C19H12BrN3O7/c20-10-1-5-16(24)15(7-10)18(25)22-21-9-12-3-6-17(30-12)13-4-2-11(23(28)29)8-14(13)19(26)27/h1-9,24H,(H,22,25)(H,26,27)/b21-9-. The Bertz CT molecular complexity index is 1190. The number of nitrogens with one attached hydrogen (secondary N) is 1. The van der Waals surface area contributed by atoms with E-state index in [1.807, 2.05) is 0 Å². The Morgan fingerprint density at radius 2 is 1.90 bits per heavy atom. The lowest BCUT2D eigenvalue weighted by molar-refractivity contribution is -0.384. The van der Waals surface area contributed by atoms with Crippen LogP contribution >= 0.6 is 15.9 Å². The number of halogens is 1. The van der Waals surface area contributed by atoms with Crippen molar-refractivity contribution in [2.45, 2.75) is 0 Å². The Morgan fingerprint density at radius 1 is 1.13 bits per heavy atom. The molecule has 2 aromatic carbocycles. The largest absolute Gasteiger partial charge is 0.507 e. The van der Waals surface area contributed by atoms with Crippen LogP contribution in [0.4, 0.5) is 5.69 Å². The molecule has 0 aliphatic carbocycles. The minimum absolute atomic E-state index is 0.0126. The molecule has 0 unspecified atom stereocenters. The molecule has 3 rings (SSSR count). The van der Waals surface area contributed by atoms with Crippen LogP contribution in [0, 0.1) is 10.1 Å². The number of carbonyl (C=O) groups is 2. The number of nitro groups is 1. The fourth-order valence-electron chi connectivity index (χ4n) is 2.51. The van der Waals surface area contributed by atoms with Crippen LogP contribution in [0.5, 0.6) is 5.75 Å². The van der Waals surface area contributed by atoms with E-state index < -0.39 is 16.8 Å². The lowest BCUT2D eigenvalue weighted by Gasteiger charge is -2.03. The number of carboxylic acid groups (broad SMARTS) is 1. The number of phenolic OH excluding ortho intramolecular Hbond substituents is 1. The molecule has 30 heavy (non-hydrogen) atoms. The van der Waals surface area contributed by atoms with Crippen molar-refractivity contribution in [2.75, 3.05) is 0 Å². The second-order valence-electron chi connectivity index (χ2n) is 5.85. The highest BCUT2D eigenvalue weighted by Gasteiger charge is 2.19. The van der Waals surface area contributed by atoms with E-state index in [0.717, 1.165) is 6.07 Å². The second-order valence-corrected chi connectivity index (χ2v) is 6.77. The van der Waals surface area contributed by atoms with E-state index in [1.54, 1.807) is 6.07 Å². The average Bonchev–Trinajstić information content (AvgIpc) is 3.17. The Labute approximate surface area is 176 Å². The van der Waals surface area contributed by atoms with E-state index in [9.17, 15) is 29.9 Å². The lowest BCUT2D eigenvalue weighted by Crippen LogP contribution is -2.17. The summed E-state index contributed by atoms with van der Waals surface area (Å²) in [6.07, 6.45) is 1.18. The number of nitro benzene ring substituents is 1. The molecule has 1 heterocycles. The number of aromatic carboxylic acids is 1. The highest BCUT2D eigenvalue weighted by molar-refractivity contribution is 9.10. The number of aromatic hydroxyl groups is 1. The van der Waals surface area contributed by atoms with Crippen LogP contribution < -0.4 is 5.43 Å². The second kappa shape index (κ2) is 8.57. The van der Waals surface area contributed by atoms with Crippen molar-refractivity contribution < 1.29 is 29.1 Å². The molecule has 11 heteroatoms. The molecule has 1 amide bonds. The number of hydrogen-bond donors (Lipinski definition) is 3. The Morgan fingerprint density at radius 3 is 2.60 bits per heavy atom. The molecule has 0 saturated heterocycles. The average molecular weight is 474 g/mol. The predicted octanol–water partition coefficient (Wildman–Crippen LogP) is 3.79. The quantitative estimate of drug-likeness (QED) is 0.279. The molecule has 0 atom stereocenters. The zero-order valence-corrected chi connectivity index (χ0v) is 16.5. The molecular weight excluding hydrogens is 462 g/mol. The Balaban J connectivity index is 1.78. The number of carboxylic acids is 1. The highest BCUT2D eigenvalue weighted by atomic mass is 79.9. The van der Waals surface area contributed by atoms with Crippen LogP contribution in [0.3, 0.4) is 0 Å². The lowest BCUT2D eigenvalue weighted by atomic mass is 10.0. The summed E-state index contributed by atoms with van der Waals surface area (Å²) in [6, 6.07) is 10.7. The number of furan rings is 1. The van der Waals surface area contributed by atoms with Gasteiger partial charge >= 0.3 is 5.97 Å². The smallest absolute Gasteiger partial charge is 0.336 e. The van der Waals surface area contributed by atoms with Crippen molar-refractivity contribution in [1.29, 1.82) is 0 Å². The first-order valence-corrected chi connectivity index (χ1v) is 8.99. The van der Waals surface area contributed by atoms with Gasteiger partial charge in [0.15, 0.2) is 0 Å². The van der Waals surface area contributed by atoms with Gasteiger partial charge in [0.1, 0.15) is 17.3 Å². The molecule has 0 fully saturated rings. The third kappa shape index (κ3) is 4.52. The fourth-order valence-corrected chi connectivity index (χ4v) is 2.87. The number of non-ortho nitro benzene ring substituents is 1. The van der Waals surface area contributed by atoms with Crippen LogP contribution in [0.1, 0.15) is 26.5 Å². The number of benzene rings is 2. The first-order valence-electron chi connectivity index (χ1n) is 8.20. The molecule has 10 nitrogen and oxygen atoms in total. The van der Waals surface area contributed by atoms with Gasteiger partial charge in [0.25, 0.3) is 11.6 Å². The molecule has 1 aromatic heterocycles. The SMILES string of the molecule is O=C(N/N=C\c1ccc(-c2ccc([N+](=O)[O-])cc2C(=O)O)o1)c1cc(Br)ccc1O. The summed E-state index contributed by atoms with van der Waals surface area (Å²) in [5.41, 5.74) is 1.75. The molecule has 0 radical (unpaired) electrons. The maximum atomic E-state index is 12.1. The van der Waals surface area contributed by atoms with Gasteiger partial charge in [0, 0.05) is 22.2 Å². The van der Waals surface area contributed by atoms with Crippen molar-refractivity contribution in [3.63, 3.8) is 0 Å². The maximum Gasteiger partial charge on any atom is 0.336 e. The Hall–Kier alpha value is -3.99. The van der Waals surface area contributed by atoms with Crippen molar-refractivity contribution in [3.05, 3.63) is 80.0 Å². The van der Waals surface area contributed by atoms with Gasteiger partial charge in [-0.3, -0.25) is 14.9 Å². The first kappa shape index (κ1) is 20.7. The van der Waals surface area contributed by atoms with Crippen LogP contribution in [-0.2, 0) is 0 Å². The van der Waals surface area contributed by atoms with Gasteiger partial charge in [0.2, 0.25) is 0 Å². The Kier molecular flexibility index (Phi) is 5.93. The van der Waals surface area contributed by atoms with Gasteiger partial charge in [-0.2, -0.15) is 5.10 Å². The number of hydrazone groups is 1. The van der Waals surface area contributed by atoms with Crippen LogP contribution in [-0.4, -0.2) is 33.2 Å². The minimum atomic E-state index is -1.35.